The molecule has 1 fully saturated rings. The second-order valence-electron chi connectivity index (χ2n) is 5.53. The van der Waals surface area contributed by atoms with Crippen molar-refractivity contribution in [3.63, 3.8) is 0 Å². The van der Waals surface area contributed by atoms with Crippen molar-refractivity contribution in [2.45, 2.75) is 36.2 Å². The molecular formula is C14H18ClNO4S. The minimum absolute atomic E-state index is 0.0728. The van der Waals surface area contributed by atoms with E-state index in [4.69, 9.17) is 11.6 Å². The number of nitrogens with one attached hydrogen (secondary N) is 1. The lowest BCUT2D eigenvalue weighted by atomic mass is 10.0. The summed E-state index contributed by atoms with van der Waals surface area (Å²) in [4.78, 5) is 12.0. The quantitative estimate of drug-likeness (QED) is 0.881. The maximum atomic E-state index is 12.1. The molecule has 21 heavy (non-hydrogen) atoms. The third kappa shape index (κ3) is 3.96. The van der Waals surface area contributed by atoms with Gasteiger partial charge in [0, 0.05) is 18.4 Å². The van der Waals surface area contributed by atoms with Gasteiger partial charge in [0.05, 0.1) is 15.5 Å². The van der Waals surface area contributed by atoms with Gasteiger partial charge in [-0.1, -0.05) is 24.4 Å². The average molecular weight is 332 g/mol. The minimum Gasteiger partial charge on any atom is -0.388 e. The van der Waals surface area contributed by atoms with Gasteiger partial charge in [-0.2, -0.15) is 0 Å². The van der Waals surface area contributed by atoms with E-state index in [1.165, 1.54) is 18.2 Å². The summed E-state index contributed by atoms with van der Waals surface area (Å²) in [5, 5.41) is 12.9. The highest BCUT2D eigenvalue weighted by molar-refractivity contribution is 7.90. The molecule has 2 N–H and O–H groups in total. The molecule has 1 aliphatic carbocycles. The molecule has 1 saturated carbocycles. The van der Waals surface area contributed by atoms with Crippen molar-refractivity contribution in [3.05, 3.63) is 28.8 Å². The molecule has 0 saturated heterocycles. The Balaban J connectivity index is 2.13. The van der Waals surface area contributed by atoms with Crippen LogP contribution in [0.2, 0.25) is 5.02 Å². The second kappa shape index (κ2) is 5.94. The van der Waals surface area contributed by atoms with E-state index in [-0.39, 0.29) is 22.0 Å². The topological polar surface area (TPSA) is 83.5 Å². The van der Waals surface area contributed by atoms with E-state index >= 15 is 0 Å². The van der Waals surface area contributed by atoms with Gasteiger partial charge in [0.1, 0.15) is 0 Å². The zero-order valence-electron chi connectivity index (χ0n) is 11.7. The number of rotatable bonds is 4. The Bertz CT molecular complexity index is 651. The molecule has 116 valence electrons. The molecule has 0 aromatic heterocycles. The largest absolute Gasteiger partial charge is 0.388 e. The fraction of sp³-hybridized carbons (Fsp3) is 0.500. The Morgan fingerprint density at radius 1 is 1.38 bits per heavy atom. The van der Waals surface area contributed by atoms with Crippen LogP contribution < -0.4 is 5.32 Å². The van der Waals surface area contributed by atoms with Crippen LogP contribution in [-0.4, -0.2) is 37.8 Å². The number of halogens is 1. The van der Waals surface area contributed by atoms with Crippen LogP contribution in [0.4, 0.5) is 0 Å². The van der Waals surface area contributed by atoms with Crippen molar-refractivity contribution in [3.8, 4) is 0 Å². The second-order valence-corrected chi connectivity index (χ2v) is 7.92. The predicted molar refractivity (Wildman–Crippen MR) is 80.3 cm³/mol. The summed E-state index contributed by atoms with van der Waals surface area (Å²) in [6.45, 7) is 0.169. The Morgan fingerprint density at radius 3 is 2.57 bits per heavy atom. The number of hydrogen-bond acceptors (Lipinski definition) is 4. The first kappa shape index (κ1) is 16.3. The summed E-state index contributed by atoms with van der Waals surface area (Å²) in [5.74, 6) is -0.420. The van der Waals surface area contributed by atoms with Crippen molar-refractivity contribution < 1.29 is 18.3 Å². The van der Waals surface area contributed by atoms with Gasteiger partial charge in [-0.15, -0.1) is 0 Å². The number of carbonyl (C=O) groups is 1. The van der Waals surface area contributed by atoms with Gasteiger partial charge in [-0.05, 0) is 31.0 Å². The minimum atomic E-state index is -3.49. The number of hydrogen-bond donors (Lipinski definition) is 2. The maximum Gasteiger partial charge on any atom is 0.251 e. The Labute approximate surface area is 129 Å². The summed E-state index contributed by atoms with van der Waals surface area (Å²) in [6.07, 6.45) is 4.28. The molecule has 0 unspecified atom stereocenters. The molecule has 5 nitrogen and oxygen atoms in total. The Kier molecular flexibility index (Phi) is 4.60. The molecule has 7 heteroatoms. The van der Waals surface area contributed by atoms with Crippen LogP contribution in [0.5, 0.6) is 0 Å². The van der Waals surface area contributed by atoms with E-state index in [2.05, 4.69) is 5.32 Å². The third-order valence-electron chi connectivity index (χ3n) is 3.71. The van der Waals surface area contributed by atoms with Crippen LogP contribution in [0.1, 0.15) is 36.0 Å². The predicted octanol–water partition coefficient (Wildman–Crippen LogP) is 1.78. The number of benzene rings is 1. The summed E-state index contributed by atoms with van der Waals surface area (Å²) < 4.78 is 23.2. The van der Waals surface area contributed by atoms with Crippen LogP contribution in [0.25, 0.3) is 0 Å². The van der Waals surface area contributed by atoms with E-state index < -0.39 is 21.3 Å². The first-order valence-corrected chi connectivity index (χ1v) is 8.98. The van der Waals surface area contributed by atoms with Crippen molar-refractivity contribution in [1.82, 2.24) is 5.32 Å². The number of amides is 1. The van der Waals surface area contributed by atoms with Crippen LogP contribution in [0, 0.1) is 0 Å². The molecule has 1 aromatic carbocycles. The van der Waals surface area contributed by atoms with E-state index in [1.54, 1.807) is 0 Å². The summed E-state index contributed by atoms with van der Waals surface area (Å²) in [7, 11) is -3.49. The maximum absolute atomic E-state index is 12.1. The van der Waals surface area contributed by atoms with Gasteiger partial charge in [0.25, 0.3) is 5.91 Å². The van der Waals surface area contributed by atoms with Gasteiger partial charge in [-0.3, -0.25) is 4.79 Å². The van der Waals surface area contributed by atoms with Crippen LogP contribution >= 0.6 is 11.6 Å². The van der Waals surface area contributed by atoms with Crippen LogP contribution in [0.15, 0.2) is 23.1 Å². The van der Waals surface area contributed by atoms with Crippen molar-refractivity contribution in [2.24, 2.45) is 0 Å². The molecule has 0 radical (unpaired) electrons. The number of carbonyl (C=O) groups excluding carboxylic acids is 1. The smallest absolute Gasteiger partial charge is 0.251 e. The zero-order valence-corrected chi connectivity index (χ0v) is 13.3. The molecule has 0 aliphatic heterocycles. The highest BCUT2D eigenvalue weighted by atomic mass is 35.5. The lowest BCUT2D eigenvalue weighted by Crippen LogP contribution is -2.40. The number of aliphatic hydroxyl groups is 1. The van der Waals surface area contributed by atoms with Crippen molar-refractivity contribution in [1.29, 1.82) is 0 Å². The molecule has 1 aliphatic rings. The monoisotopic (exact) mass is 331 g/mol. The van der Waals surface area contributed by atoms with Gasteiger partial charge in [0.2, 0.25) is 0 Å². The third-order valence-corrected chi connectivity index (χ3v) is 5.28. The van der Waals surface area contributed by atoms with Crippen molar-refractivity contribution in [2.75, 3.05) is 12.8 Å². The van der Waals surface area contributed by atoms with E-state index in [9.17, 15) is 18.3 Å². The standard InChI is InChI=1S/C14H18ClNO4S/c1-21(19,20)12-8-10(4-5-11(12)15)13(17)16-9-14(18)6-2-3-7-14/h4-5,8,18H,2-3,6-7,9H2,1H3,(H,16,17). The Hall–Kier alpha value is -1.11. The molecule has 0 bridgehead atoms. The molecule has 0 heterocycles. The highest BCUT2D eigenvalue weighted by Gasteiger charge is 2.31. The van der Waals surface area contributed by atoms with Crippen LogP contribution in [0.3, 0.4) is 0 Å². The normalized spacial score (nSPS) is 17.7. The molecule has 2 rings (SSSR count). The summed E-state index contributed by atoms with van der Waals surface area (Å²) in [5.41, 5.74) is -0.636. The lowest BCUT2D eigenvalue weighted by Gasteiger charge is -2.22. The molecular weight excluding hydrogens is 314 g/mol. The molecule has 1 amide bonds. The molecule has 0 spiro atoms. The van der Waals surface area contributed by atoms with Gasteiger partial charge >= 0.3 is 0 Å². The van der Waals surface area contributed by atoms with E-state index in [1.807, 2.05) is 0 Å². The van der Waals surface area contributed by atoms with Gasteiger partial charge in [-0.25, -0.2) is 8.42 Å². The lowest BCUT2D eigenvalue weighted by molar-refractivity contribution is 0.0449. The van der Waals surface area contributed by atoms with E-state index in [0.29, 0.717) is 12.8 Å². The molecule has 1 aromatic rings. The average Bonchev–Trinajstić information content (AvgIpc) is 2.83. The first-order chi connectivity index (χ1) is 9.71. The SMILES string of the molecule is CS(=O)(=O)c1cc(C(=O)NCC2(O)CCCC2)ccc1Cl. The fourth-order valence-electron chi connectivity index (χ4n) is 2.49. The number of sulfone groups is 1. The van der Waals surface area contributed by atoms with Gasteiger partial charge < -0.3 is 10.4 Å². The van der Waals surface area contributed by atoms with Crippen LogP contribution in [-0.2, 0) is 9.84 Å². The summed E-state index contributed by atoms with van der Waals surface area (Å²) >= 11 is 5.84. The highest BCUT2D eigenvalue weighted by Crippen LogP contribution is 2.28. The summed E-state index contributed by atoms with van der Waals surface area (Å²) in [6, 6.07) is 4.11. The van der Waals surface area contributed by atoms with Gasteiger partial charge in [0.15, 0.2) is 9.84 Å². The molecule has 0 atom stereocenters. The first-order valence-electron chi connectivity index (χ1n) is 6.71. The fourth-order valence-corrected chi connectivity index (χ4v) is 3.79. The van der Waals surface area contributed by atoms with E-state index in [0.717, 1.165) is 19.1 Å². The van der Waals surface area contributed by atoms with Crippen molar-refractivity contribution >= 4 is 27.3 Å². The Morgan fingerprint density at radius 2 is 2.00 bits per heavy atom. The zero-order chi connectivity index (χ0) is 15.7.